The lowest BCUT2D eigenvalue weighted by atomic mass is 10.3. The first-order valence-electron chi connectivity index (χ1n) is 9.43. The number of rotatable bonds is 8. The van der Waals surface area contributed by atoms with E-state index in [1.54, 1.807) is 16.7 Å². The number of hydrogen-bond acceptors (Lipinski definition) is 7. The van der Waals surface area contributed by atoms with E-state index in [1.165, 1.54) is 37.7 Å². The Bertz CT molecular complexity index is 1260. The van der Waals surface area contributed by atoms with Gasteiger partial charge in [-0.1, -0.05) is 23.5 Å². The monoisotopic (exact) mass is 462 g/mol. The van der Waals surface area contributed by atoms with E-state index < -0.39 is 21.7 Å². The highest BCUT2D eigenvalue weighted by molar-refractivity contribution is 7.91. The van der Waals surface area contributed by atoms with Crippen molar-refractivity contribution in [3.8, 4) is 5.75 Å². The van der Waals surface area contributed by atoms with E-state index in [-0.39, 0.29) is 30.0 Å². The minimum atomic E-state index is -3.51. The van der Waals surface area contributed by atoms with Gasteiger partial charge in [0.1, 0.15) is 12.3 Å². The van der Waals surface area contributed by atoms with Crippen LogP contribution < -0.4 is 9.54 Å². The molecule has 0 spiro atoms. The number of fused-ring (bicyclic) bond motifs is 1. The van der Waals surface area contributed by atoms with E-state index >= 15 is 0 Å². The van der Waals surface area contributed by atoms with Crippen LogP contribution >= 0.6 is 11.3 Å². The van der Waals surface area contributed by atoms with Gasteiger partial charge in [-0.25, -0.2) is 8.42 Å². The molecule has 8 nitrogen and oxygen atoms in total. The molecule has 0 unspecified atom stereocenters. The van der Waals surface area contributed by atoms with Crippen LogP contribution in [0.2, 0.25) is 0 Å². The van der Waals surface area contributed by atoms with Crippen LogP contribution in [0.1, 0.15) is 12.8 Å². The molecule has 0 fully saturated rings. The highest BCUT2D eigenvalue weighted by Gasteiger charge is 2.16. The molecule has 0 bridgehead atoms. The number of nitrogens with zero attached hydrogens (tertiary/aromatic N) is 2. The summed E-state index contributed by atoms with van der Waals surface area (Å²) in [5, 5.41) is 0. The fourth-order valence-corrected chi connectivity index (χ4v) is 5.29. The van der Waals surface area contributed by atoms with Gasteiger partial charge in [-0.05, 0) is 42.8 Å². The SMILES string of the molecule is COC(=O)Cn1c(=NC(=O)CCCS(=O)(=O)c2ccc(OC)cc2)sc2ccccc21. The fourth-order valence-electron chi connectivity index (χ4n) is 2.93. The zero-order valence-electron chi connectivity index (χ0n) is 17.1. The highest BCUT2D eigenvalue weighted by atomic mass is 32.2. The summed E-state index contributed by atoms with van der Waals surface area (Å²) >= 11 is 1.28. The van der Waals surface area contributed by atoms with Gasteiger partial charge in [0.25, 0.3) is 0 Å². The summed E-state index contributed by atoms with van der Waals surface area (Å²) in [6.07, 6.45) is 0.112. The Morgan fingerprint density at radius 2 is 1.77 bits per heavy atom. The average molecular weight is 463 g/mol. The number of esters is 1. The molecule has 0 saturated carbocycles. The molecule has 1 amide bonds. The molecule has 1 heterocycles. The van der Waals surface area contributed by atoms with Crippen molar-refractivity contribution in [2.45, 2.75) is 24.3 Å². The van der Waals surface area contributed by atoms with Gasteiger partial charge in [0, 0.05) is 6.42 Å². The van der Waals surface area contributed by atoms with E-state index in [0.717, 1.165) is 10.2 Å². The third kappa shape index (κ3) is 5.59. The molecule has 0 saturated heterocycles. The van der Waals surface area contributed by atoms with Crippen LogP contribution in [-0.2, 0) is 30.7 Å². The molecule has 31 heavy (non-hydrogen) atoms. The van der Waals surface area contributed by atoms with Crippen LogP contribution in [0.3, 0.4) is 0 Å². The summed E-state index contributed by atoms with van der Waals surface area (Å²) in [5.41, 5.74) is 0.770. The Kier molecular flexibility index (Phi) is 7.24. The van der Waals surface area contributed by atoms with Crippen molar-refractivity contribution in [2.24, 2.45) is 4.99 Å². The van der Waals surface area contributed by atoms with Crippen LogP contribution in [-0.4, -0.2) is 44.8 Å². The number of thiazole rings is 1. The van der Waals surface area contributed by atoms with Crippen LogP contribution in [0.5, 0.6) is 5.75 Å². The van der Waals surface area contributed by atoms with Crippen molar-refractivity contribution in [1.29, 1.82) is 0 Å². The highest BCUT2D eigenvalue weighted by Crippen LogP contribution is 2.18. The van der Waals surface area contributed by atoms with Gasteiger partial charge in [-0.15, -0.1) is 0 Å². The molecule has 2 aromatic carbocycles. The van der Waals surface area contributed by atoms with Crippen LogP contribution in [0.4, 0.5) is 0 Å². The van der Waals surface area contributed by atoms with E-state index in [4.69, 9.17) is 9.47 Å². The first-order chi connectivity index (χ1) is 14.8. The summed E-state index contributed by atoms with van der Waals surface area (Å²) in [6, 6.07) is 13.5. The maximum atomic E-state index is 12.5. The van der Waals surface area contributed by atoms with Crippen molar-refractivity contribution in [2.75, 3.05) is 20.0 Å². The number of benzene rings is 2. The predicted octanol–water partition coefficient (Wildman–Crippen LogP) is 2.57. The normalized spacial score (nSPS) is 12.1. The lowest BCUT2D eigenvalue weighted by Crippen LogP contribution is -2.22. The predicted molar refractivity (Wildman–Crippen MR) is 117 cm³/mol. The molecule has 10 heteroatoms. The van der Waals surface area contributed by atoms with Crippen LogP contribution in [0.25, 0.3) is 10.2 Å². The second-order valence-electron chi connectivity index (χ2n) is 6.62. The van der Waals surface area contributed by atoms with E-state index in [0.29, 0.717) is 10.6 Å². The van der Waals surface area contributed by atoms with Gasteiger partial charge in [0.05, 0.1) is 35.1 Å². The topological polar surface area (TPSA) is 104 Å². The molecule has 0 N–H and O–H groups in total. The Morgan fingerprint density at radius 1 is 1.06 bits per heavy atom. The number of methoxy groups -OCH3 is 2. The first kappa shape index (κ1) is 22.7. The molecule has 3 aromatic rings. The van der Waals surface area contributed by atoms with Crippen molar-refractivity contribution in [3.63, 3.8) is 0 Å². The first-order valence-corrected chi connectivity index (χ1v) is 11.9. The summed E-state index contributed by atoms with van der Waals surface area (Å²) < 4.78 is 37.2. The van der Waals surface area contributed by atoms with Gasteiger partial charge in [-0.3, -0.25) is 9.59 Å². The second kappa shape index (κ2) is 9.88. The lowest BCUT2D eigenvalue weighted by Gasteiger charge is -2.05. The molecule has 0 aliphatic carbocycles. The van der Waals surface area contributed by atoms with Crippen molar-refractivity contribution < 1.29 is 27.5 Å². The Hall–Kier alpha value is -2.98. The van der Waals surface area contributed by atoms with Crippen LogP contribution in [0, 0.1) is 0 Å². The number of sulfone groups is 1. The number of ether oxygens (including phenoxy) is 2. The molecule has 0 aliphatic rings. The fraction of sp³-hybridized carbons (Fsp3) is 0.286. The number of carbonyl (C=O) groups is 2. The minimum absolute atomic E-state index is 0.0259. The summed E-state index contributed by atoms with van der Waals surface area (Å²) in [6.45, 7) is -0.0710. The number of amides is 1. The number of carbonyl (C=O) groups excluding carboxylic acids is 2. The Balaban J connectivity index is 1.73. The van der Waals surface area contributed by atoms with Gasteiger partial charge >= 0.3 is 5.97 Å². The third-order valence-corrected chi connectivity index (χ3v) is 7.42. The van der Waals surface area contributed by atoms with Crippen LogP contribution in [0.15, 0.2) is 58.4 Å². The molecule has 1 aromatic heterocycles. The van der Waals surface area contributed by atoms with Crippen molar-refractivity contribution >= 4 is 43.3 Å². The molecule has 164 valence electrons. The van der Waals surface area contributed by atoms with Crippen molar-refractivity contribution in [3.05, 3.63) is 53.3 Å². The number of aromatic nitrogens is 1. The Morgan fingerprint density at radius 3 is 2.45 bits per heavy atom. The van der Waals surface area contributed by atoms with Gasteiger partial charge in [-0.2, -0.15) is 4.99 Å². The molecular formula is C21H22N2O6S2. The standard InChI is InChI=1S/C21H22N2O6S2/c1-28-15-9-11-16(12-10-15)31(26,27)13-5-8-19(24)22-21-23(14-20(25)29-2)17-6-3-4-7-18(17)30-21/h3-4,6-7,9-12H,5,8,13-14H2,1-2H3. The molecule has 3 rings (SSSR count). The molecule has 0 atom stereocenters. The zero-order valence-corrected chi connectivity index (χ0v) is 18.7. The third-order valence-electron chi connectivity index (χ3n) is 4.55. The minimum Gasteiger partial charge on any atom is -0.497 e. The van der Waals surface area contributed by atoms with E-state index in [1.807, 2.05) is 24.3 Å². The summed E-state index contributed by atoms with van der Waals surface area (Å²) in [5.74, 6) is -0.510. The number of para-hydroxylation sites is 1. The average Bonchev–Trinajstić information content (AvgIpc) is 3.10. The molecule has 0 radical (unpaired) electrons. The van der Waals surface area contributed by atoms with E-state index in [2.05, 4.69) is 4.99 Å². The smallest absolute Gasteiger partial charge is 0.325 e. The number of hydrogen-bond donors (Lipinski definition) is 0. The summed E-state index contributed by atoms with van der Waals surface area (Å²) in [7, 11) is -0.717. The van der Waals surface area contributed by atoms with Gasteiger partial charge in [0.15, 0.2) is 14.6 Å². The van der Waals surface area contributed by atoms with E-state index in [9.17, 15) is 18.0 Å². The quantitative estimate of drug-likeness (QED) is 0.477. The lowest BCUT2D eigenvalue weighted by molar-refractivity contribution is -0.141. The maximum absolute atomic E-state index is 12.5. The maximum Gasteiger partial charge on any atom is 0.325 e. The molecule has 0 aliphatic heterocycles. The zero-order chi connectivity index (χ0) is 22.4. The van der Waals surface area contributed by atoms with Crippen molar-refractivity contribution in [1.82, 2.24) is 4.57 Å². The van der Waals surface area contributed by atoms with Gasteiger partial charge < -0.3 is 14.0 Å². The molecular weight excluding hydrogens is 440 g/mol. The van der Waals surface area contributed by atoms with Gasteiger partial charge in [0.2, 0.25) is 5.91 Å². The second-order valence-corrected chi connectivity index (χ2v) is 9.74. The summed E-state index contributed by atoms with van der Waals surface area (Å²) in [4.78, 5) is 28.9. The Labute approximate surface area is 183 Å². The largest absolute Gasteiger partial charge is 0.497 e.